The summed E-state index contributed by atoms with van der Waals surface area (Å²) in [6.07, 6.45) is 0.872. The lowest BCUT2D eigenvalue weighted by molar-refractivity contribution is 0.487. The maximum atomic E-state index is 13.0. The molecule has 2 unspecified atom stereocenters. The first kappa shape index (κ1) is 13.1. The monoisotopic (exact) mass is 227 g/mol. The van der Waals surface area contributed by atoms with E-state index in [4.69, 9.17) is 0 Å². The highest BCUT2D eigenvalue weighted by Gasteiger charge is 2.12. The predicted octanol–water partition coefficient (Wildman–Crippen LogP) is 3.46. The van der Waals surface area contributed by atoms with E-state index in [1.165, 1.54) is 12.1 Å². The SMILES string of the molecule is CCNC(C)CC(C)c1cc(F)cc(F)c1. The molecular formula is C13H19F2N. The van der Waals surface area contributed by atoms with Crippen LogP contribution in [0, 0.1) is 11.6 Å². The summed E-state index contributed by atoms with van der Waals surface area (Å²) in [5.41, 5.74) is 0.724. The fourth-order valence-electron chi connectivity index (χ4n) is 1.96. The Morgan fingerprint density at radius 2 is 1.69 bits per heavy atom. The van der Waals surface area contributed by atoms with Gasteiger partial charge in [-0.25, -0.2) is 8.78 Å². The summed E-state index contributed by atoms with van der Waals surface area (Å²) in [6, 6.07) is 4.08. The van der Waals surface area contributed by atoms with Crippen molar-refractivity contribution >= 4 is 0 Å². The van der Waals surface area contributed by atoms with E-state index in [0.717, 1.165) is 24.6 Å². The molecule has 0 saturated heterocycles. The summed E-state index contributed by atoms with van der Waals surface area (Å²) in [6.45, 7) is 7.02. The lowest BCUT2D eigenvalue weighted by atomic mass is 9.94. The predicted molar refractivity (Wildman–Crippen MR) is 62.5 cm³/mol. The second kappa shape index (κ2) is 5.94. The molecule has 0 fully saturated rings. The van der Waals surface area contributed by atoms with E-state index in [2.05, 4.69) is 12.2 Å². The average molecular weight is 227 g/mol. The van der Waals surface area contributed by atoms with Crippen molar-refractivity contribution in [2.24, 2.45) is 0 Å². The van der Waals surface area contributed by atoms with Gasteiger partial charge >= 0.3 is 0 Å². The molecule has 0 saturated carbocycles. The van der Waals surface area contributed by atoms with Gasteiger partial charge in [-0.1, -0.05) is 13.8 Å². The number of hydrogen-bond acceptors (Lipinski definition) is 1. The van der Waals surface area contributed by atoms with Gasteiger partial charge in [0, 0.05) is 12.1 Å². The highest BCUT2D eigenvalue weighted by molar-refractivity contribution is 5.21. The van der Waals surface area contributed by atoms with E-state index >= 15 is 0 Å². The van der Waals surface area contributed by atoms with Gasteiger partial charge < -0.3 is 5.32 Å². The molecule has 2 atom stereocenters. The molecule has 3 heteroatoms. The first-order valence-electron chi connectivity index (χ1n) is 5.72. The van der Waals surface area contributed by atoms with E-state index in [1.54, 1.807) is 0 Å². The first-order valence-corrected chi connectivity index (χ1v) is 5.72. The second-order valence-corrected chi connectivity index (χ2v) is 4.30. The van der Waals surface area contributed by atoms with Crippen molar-refractivity contribution in [3.8, 4) is 0 Å². The highest BCUT2D eigenvalue weighted by Crippen LogP contribution is 2.22. The molecule has 16 heavy (non-hydrogen) atoms. The number of benzene rings is 1. The van der Waals surface area contributed by atoms with Gasteiger partial charge in [-0.3, -0.25) is 0 Å². The summed E-state index contributed by atoms with van der Waals surface area (Å²) in [5.74, 6) is -0.852. The van der Waals surface area contributed by atoms with Crippen LogP contribution in [0.5, 0.6) is 0 Å². The van der Waals surface area contributed by atoms with Gasteiger partial charge in [0.1, 0.15) is 11.6 Å². The van der Waals surface area contributed by atoms with Gasteiger partial charge in [0.15, 0.2) is 0 Å². The van der Waals surface area contributed by atoms with Crippen LogP contribution in [0.2, 0.25) is 0 Å². The zero-order valence-electron chi connectivity index (χ0n) is 10.1. The van der Waals surface area contributed by atoms with Crippen LogP contribution in [-0.4, -0.2) is 12.6 Å². The maximum absolute atomic E-state index is 13.0. The molecule has 0 heterocycles. The van der Waals surface area contributed by atoms with Gasteiger partial charge in [0.25, 0.3) is 0 Å². The number of halogens is 2. The molecule has 0 aliphatic rings. The van der Waals surface area contributed by atoms with Gasteiger partial charge in [-0.05, 0) is 43.5 Å². The standard InChI is InChI=1S/C13H19F2N/c1-4-16-10(3)5-9(2)11-6-12(14)8-13(15)7-11/h6-10,16H,4-5H2,1-3H3. The van der Waals surface area contributed by atoms with E-state index in [-0.39, 0.29) is 5.92 Å². The maximum Gasteiger partial charge on any atom is 0.126 e. The van der Waals surface area contributed by atoms with Gasteiger partial charge in [0.2, 0.25) is 0 Å². The molecule has 1 nitrogen and oxygen atoms in total. The van der Waals surface area contributed by atoms with Crippen molar-refractivity contribution < 1.29 is 8.78 Å². The molecule has 0 amide bonds. The third-order valence-electron chi connectivity index (χ3n) is 2.71. The lowest BCUT2D eigenvalue weighted by Crippen LogP contribution is -2.26. The molecule has 1 aromatic rings. The Labute approximate surface area is 95.9 Å². The van der Waals surface area contributed by atoms with Crippen molar-refractivity contribution in [2.75, 3.05) is 6.54 Å². The molecule has 1 aromatic carbocycles. The number of rotatable bonds is 5. The minimum absolute atomic E-state index is 0.152. The molecule has 0 spiro atoms. The Balaban J connectivity index is 2.68. The number of hydrogen-bond donors (Lipinski definition) is 1. The molecule has 1 rings (SSSR count). The Bertz CT molecular complexity index is 318. The smallest absolute Gasteiger partial charge is 0.126 e. The van der Waals surface area contributed by atoms with Gasteiger partial charge in [-0.15, -0.1) is 0 Å². The molecular weight excluding hydrogens is 208 g/mol. The number of nitrogens with one attached hydrogen (secondary N) is 1. The van der Waals surface area contributed by atoms with E-state index in [9.17, 15) is 8.78 Å². The Morgan fingerprint density at radius 1 is 1.12 bits per heavy atom. The fraction of sp³-hybridized carbons (Fsp3) is 0.538. The highest BCUT2D eigenvalue weighted by atomic mass is 19.1. The van der Waals surface area contributed by atoms with Crippen molar-refractivity contribution in [3.63, 3.8) is 0 Å². The normalized spacial score (nSPS) is 14.8. The first-order chi connectivity index (χ1) is 7.52. The van der Waals surface area contributed by atoms with Crippen LogP contribution < -0.4 is 5.32 Å². The van der Waals surface area contributed by atoms with Crippen molar-refractivity contribution in [2.45, 2.75) is 39.2 Å². The van der Waals surface area contributed by atoms with Crippen LogP contribution in [0.15, 0.2) is 18.2 Å². The summed E-state index contributed by atoms with van der Waals surface area (Å²) < 4.78 is 26.0. The summed E-state index contributed by atoms with van der Waals surface area (Å²) >= 11 is 0. The van der Waals surface area contributed by atoms with Crippen LogP contribution >= 0.6 is 0 Å². The van der Waals surface area contributed by atoms with E-state index in [1.807, 2.05) is 13.8 Å². The third kappa shape index (κ3) is 3.89. The van der Waals surface area contributed by atoms with Crippen molar-refractivity contribution in [3.05, 3.63) is 35.4 Å². The van der Waals surface area contributed by atoms with Gasteiger partial charge in [-0.2, -0.15) is 0 Å². The molecule has 90 valence electrons. The van der Waals surface area contributed by atoms with Crippen LogP contribution in [0.4, 0.5) is 8.78 Å². The largest absolute Gasteiger partial charge is 0.315 e. The van der Waals surface area contributed by atoms with E-state index in [0.29, 0.717) is 6.04 Å². The zero-order chi connectivity index (χ0) is 12.1. The molecule has 0 aliphatic heterocycles. The second-order valence-electron chi connectivity index (χ2n) is 4.30. The molecule has 0 radical (unpaired) electrons. The lowest BCUT2D eigenvalue weighted by Gasteiger charge is -2.18. The van der Waals surface area contributed by atoms with Gasteiger partial charge in [0.05, 0.1) is 0 Å². The topological polar surface area (TPSA) is 12.0 Å². The molecule has 1 N–H and O–H groups in total. The minimum Gasteiger partial charge on any atom is -0.315 e. The molecule has 0 aromatic heterocycles. The quantitative estimate of drug-likeness (QED) is 0.812. The van der Waals surface area contributed by atoms with Crippen LogP contribution in [-0.2, 0) is 0 Å². The molecule has 0 aliphatic carbocycles. The summed E-state index contributed by atoms with van der Waals surface area (Å²) in [4.78, 5) is 0. The zero-order valence-corrected chi connectivity index (χ0v) is 10.1. The van der Waals surface area contributed by atoms with Crippen LogP contribution in [0.3, 0.4) is 0 Å². The summed E-state index contributed by atoms with van der Waals surface area (Å²) in [7, 11) is 0. The van der Waals surface area contributed by atoms with Crippen molar-refractivity contribution in [1.29, 1.82) is 0 Å². The Kier molecular flexibility index (Phi) is 4.87. The minimum atomic E-state index is -0.502. The summed E-state index contributed by atoms with van der Waals surface area (Å²) in [5, 5.41) is 3.29. The van der Waals surface area contributed by atoms with Crippen molar-refractivity contribution in [1.82, 2.24) is 5.32 Å². The van der Waals surface area contributed by atoms with Crippen LogP contribution in [0.1, 0.15) is 38.7 Å². The Hall–Kier alpha value is -0.960. The fourth-order valence-corrected chi connectivity index (χ4v) is 1.96. The third-order valence-corrected chi connectivity index (χ3v) is 2.71. The van der Waals surface area contributed by atoms with Crippen LogP contribution in [0.25, 0.3) is 0 Å². The van der Waals surface area contributed by atoms with E-state index < -0.39 is 11.6 Å². The molecule has 0 bridgehead atoms. The average Bonchev–Trinajstić information content (AvgIpc) is 2.16. The Morgan fingerprint density at radius 3 is 2.19 bits per heavy atom.